The molecule has 0 fully saturated rings. The fraction of sp³-hybridized carbons (Fsp3) is 0.444. The minimum Gasteiger partial charge on any atom is -0.491 e. The number of esters is 1. The van der Waals surface area contributed by atoms with E-state index >= 15 is 0 Å². The van der Waals surface area contributed by atoms with Gasteiger partial charge in [-0.1, -0.05) is 45.0 Å². The zero-order valence-electron chi connectivity index (χ0n) is 21.7. The first-order valence-corrected chi connectivity index (χ1v) is 11.9. The van der Waals surface area contributed by atoms with Gasteiger partial charge in [-0.15, -0.1) is 0 Å². The van der Waals surface area contributed by atoms with Crippen LogP contribution in [0, 0.1) is 16.6 Å². The van der Waals surface area contributed by atoms with Crippen molar-refractivity contribution < 1.29 is 23.5 Å². The SMILES string of the molecule is CNCCCCOc1cccc(C(=N)C(=O)NC(C(=O)OC)C(C)(C)C)c1NCc1ccc(F)cc1. The molecule has 1 amide bonds. The molecule has 0 aromatic heterocycles. The number of rotatable bonds is 13. The highest BCUT2D eigenvalue weighted by atomic mass is 19.1. The van der Waals surface area contributed by atoms with Crippen molar-refractivity contribution in [2.75, 3.05) is 32.6 Å². The van der Waals surface area contributed by atoms with Crippen molar-refractivity contribution >= 4 is 23.3 Å². The number of halogens is 1. The molecule has 196 valence electrons. The topological polar surface area (TPSA) is 113 Å². The Hall–Kier alpha value is -3.46. The molecule has 2 aromatic rings. The molecule has 9 heteroatoms. The van der Waals surface area contributed by atoms with E-state index in [0.717, 1.165) is 24.9 Å². The van der Waals surface area contributed by atoms with Crippen molar-refractivity contribution in [1.29, 1.82) is 5.41 Å². The van der Waals surface area contributed by atoms with Crippen LogP contribution in [0.3, 0.4) is 0 Å². The summed E-state index contributed by atoms with van der Waals surface area (Å²) in [5.41, 5.74) is 0.669. The van der Waals surface area contributed by atoms with Gasteiger partial charge in [0.25, 0.3) is 5.91 Å². The number of benzene rings is 2. The molecule has 1 atom stereocenters. The highest BCUT2D eigenvalue weighted by Crippen LogP contribution is 2.30. The summed E-state index contributed by atoms with van der Waals surface area (Å²) >= 11 is 0. The Morgan fingerprint density at radius 1 is 1.08 bits per heavy atom. The molecule has 0 radical (unpaired) electrons. The summed E-state index contributed by atoms with van der Waals surface area (Å²) in [7, 11) is 3.15. The van der Waals surface area contributed by atoms with E-state index in [9.17, 15) is 14.0 Å². The normalized spacial score (nSPS) is 11.9. The Morgan fingerprint density at radius 3 is 2.39 bits per heavy atom. The molecule has 4 N–H and O–H groups in total. The van der Waals surface area contributed by atoms with Gasteiger partial charge in [0.05, 0.1) is 19.4 Å². The Bertz CT molecular complexity index is 1040. The van der Waals surface area contributed by atoms with Gasteiger partial charge in [-0.25, -0.2) is 9.18 Å². The van der Waals surface area contributed by atoms with Crippen LogP contribution in [0.15, 0.2) is 42.5 Å². The van der Waals surface area contributed by atoms with E-state index in [1.54, 1.807) is 51.1 Å². The summed E-state index contributed by atoms with van der Waals surface area (Å²) in [5, 5.41) is 17.6. The molecule has 0 aliphatic heterocycles. The smallest absolute Gasteiger partial charge is 0.328 e. The Labute approximate surface area is 212 Å². The molecular weight excluding hydrogens is 463 g/mol. The van der Waals surface area contributed by atoms with Crippen molar-refractivity contribution in [2.45, 2.75) is 46.2 Å². The van der Waals surface area contributed by atoms with Crippen LogP contribution in [-0.2, 0) is 20.9 Å². The number of ether oxygens (including phenoxy) is 2. The zero-order valence-corrected chi connectivity index (χ0v) is 21.7. The van der Waals surface area contributed by atoms with Gasteiger partial charge >= 0.3 is 5.97 Å². The third kappa shape index (κ3) is 8.34. The molecule has 1 unspecified atom stereocenters. The second-order valence-electron chi connectivity index (χ2n) is 9.49. The van der Waals surface area contributed by atoms with Gasteiger partial charge in [0.15, 0.2) is 0 Å². The van der Waals surface area contributed by atoms with E-state index in [1.165, 1.54) is 19.2 Å². The average Bonchev–Trinajstić information content (AvgIpc) is 2.85. The van der Waals surface area contributed by atoms with Gasteiger partial charge in [0.1, 0.15) is 23.3 Å². The maximum absolute atomic E-state index is 13.3. The van der Waals surface area contributed by atoms with Crippen LogP contribution in [0.4, 0.5) is 10.1 Å². The maximum atomic E-state index is 13.3. The lowest BCUT2D eigenvalue weighted by atomic mass is 9.86. The lowest BCUT2D eigenvalue weighted by molar-refractivity contribution is -0.147. The van der Waals surface area contributed by atoms with Crippen LogP contribution in [0.2, 0.25) is 0 Å². The van der Waals surface area contributed by atoms with Crippen LogP contribution in [0.1, 0.15) is 44.7 Å². The van der Waals surface area contributed by atoms with Gasteiger partial charge < -0.3 is 25.4 Å². The largest absolute Gasteiger partial charge is 0.491 e. The first-order valence-electron chi connectivity index (χ1n) is 11.9. The molecule has 2 rings (SSSR count). The molecule has 36 heavy (non-hydrogen) atoms. The van der Waals surface area contributed by atoms with E-state index in [4.69, 9.17) is 14.9 Å². The number of para-hydroxylation sites is 1. The third-order valence-corrected chi connectivity index (χ3v) is 5.56. The van der Waals surface area contributed by atoms with Crippen molar-refractivity contribution in [2.24, 2.45) is 5.41 Å². The Balaban J connectivity index is 2.31. The van der Waals surface area contributed by atoms with E-state index in [2.05, 4.69) is 16.0 Å². The number of methoxy groups -OCH3 is 1. The predicted molar refractivity (Wildman–Crippen MR) is 139 cm³/mol. The Morgan fingerprint density at radius 2 is 1.78 bits per heavy atom. The summed E-state index contributed by atoms with van der Waals surface area (Å²) in [6, 6.07) is 10.3. The number of unbranched alkanes of at least 4 members (excludes halogenated alkanes) is 1. The van der Waals surface area contributed by atoms with Gasteiger partial charge in [0.2, 0.25) is 0 Å². The summed E-state index contributed by atoms with van der Waals surface area (Å²) < 4.78 is 24.2. The minimum absolute atomic E-state index is 0.319. The monoisotopic (exact) mass is 500 g/mol. The van der Waals surface area contributed by atoms with Crippen LogP contribution in [0.5, 0.6) is 5.75 Å². The fourth-order valence-electron chi connectivity index (χ4n) is 3.49. The molecule has 0 aliphatic carbocycles. The highest BCUT2D eigenvalue weighted by molar-refractivity contribution is 6.45. The molecule has 0 spiro atoms. The van der Waals surface area contributed by atoms with Crippen molar-refractivity contribution in [3.05, 3.63) is 59.4 Å². The zero-order chi connectivity index (χ0) is 26.7. The van der Waals surface area contributed by atoms with E-state index in [1.807, 2.05) is 7.05 Å². The van der Waals surface area contributed by atoms with Crippen molar-refractivity contribution in [3.8, 4) is 5.75 Å². The minimum atomic E-state index is -0.933. The molecule has 0 bridgehead atoms. The van der Waals surface area contributed by atoms with Crippen molar-refractivity contribution in [3.63, 3.8) is 0 Å². The first-order chi connectivity index (χ1) is 17.1. The standard InChI is InChI=1S/C27H37FN4O4/c1-27(2,3)24(26(34)35-5)32-25(33)22(29)20-9-8-10-21(36-16-7-6-15-30-4)23(20)31-17-18-11-13-19(28)14-12-18/h8-14,24,29-31H,6-7,15-17H2,1-5H3,(H,32,33). The van der Waals surface area contributed by atoms with Crippen LogP contribution >= 0.6 is 0 Å². The maximum Gasteiger partial charge on any atom is 0.328 e. The number of hydrogen-bond acceptors (Lipinski definition) is 7. The second-order valence-corrected chi connectivity index (χ2v) is 9.49. The number of nitrogens with one attached hydrogen (secondary N) is 4. The first kappa shape index (κ1) is 28.8. The molecule has 2 aromatic carbocycles. The molecule has 0 saturated carbocycles. The van der Waals surface area contributed by atoms with Gasteiger partial charge in [-0.3, -0.25) is 10.2 Å². The number of carbonyl (C=O) groups is 2. The Kier molecular flexibility index (Phi) is 10.9. The number of carbonyl (C=O) groups excluding carboxylic acids is 2. The predicted octanol–water partition coefficient (Wildman–Crippen LogP) is 3.89. The molecule has 0 heterocycles. The van der Waals surface area contributed by atoms with Gasteiger partial charge in [-0.05, 0) is 55.6 Å². The number of hydrogen-bond donors (Lipinski definition) is 4. The summed E-state index contributed by atoms with van der Waals surface area (Å²) in [6.07, 6.45) is 1.77. The summed E-state index contributed by atoms with van der Waals surface area (Å²) in [6.45, 7) is 7.07. The van der Waals surface area contributed by atoms with Gasteiger partial charge in [-0.2, -0.15) is 0 Å². The molecular formula is C27H37FN4O4. The van der Waals surface area contributed by atoms with Crippen molar-refractivity contribution in [1.82, 2.24) is 10.6 Å². The molecule has 8 nitrogen and oxygen atoms in total. The lowest BCUT2D eigenvalue weighted by Gasteiger charge is -2.29. The quantitative estimate of drug-likeness (QED) is 0.189. The molecule has 0 aliphatic rings. The van der Waals surface area contributed by atoms with Crippen LogP contribution in [-0.4, -0.2) is 50.9 Å². The van der Waals surface area contributed by atoms with Crippen LogP contribution in [0.25, 0.3) is 0 Å². The second kappa shape index (κ2) is 13.6. The number of anilines is 1. The third-order valence-electron chi connectivity index (χ3n) is 5.56. The van der Waals surface area contributed by atoms with E-state index in [0.29, 0.717) is 30.2 Å². The highest BCUT2D eigenvalue weighted by Gasteiger charge is 2.35. The van der Waals surface area contributed by atoms with Gasteiger partial charge in [0, 0.05) is 12.1 Å². The lowest BCUT2D eigenvalue weighted by Crippen LogP contribution is -2.51. The average molecular weight is 501 g/mol. The van der Waals surface area contributed by atoms with E-state index in [-0.39, 0.29) is 11.5 Å². The number of amides is 1. The van der Waals surface area contributed by atoms with Crippen LogP contribution < -0.4 is 20.7 Å². The fourth-order valence-corrected chi connectivity index (χ4v) is 3.49. The molecule has 0 saturated heterocycles. The summed E-state index contributed by atoms with van der Waals surface area (Å²) in [5.74, 6) is -1.13. The van der Waals surface area contributed by atoms with E-state index < -0.39 is 23.3 Å². The summed E-state index contributed by atoms with van der Waals surface area (Å²) in [4.78, 5) is 25.3.